The van der Waals surface area contributed by atoms with Crippen LogP contribution in [0.25, 0.3) is 0 Å². The van der Waals surface area contributed by atoms with E-state index in [1.807, 2.05) is 0 Å². The first-order valence-electron chi connectivity index (χ1n) is 7.92. The summed E-state index contributed by atoms with van der Waals surface area (Å²) in [4.78, 5) is 16.1. The van der Waals surface area contributed by atoms with E-state index >= 15 is 0 Å². The van der Waals surface area contributed by atoms with E-state index in [0.717, 1.165) is 12.1 Å². The number of amides is 1. The average molecular weight is 444 g/mol. The summed E-state index contributed by atoms with van der Waals surface area (Å²) in [5, 5.41) is 15.5. The number of carbonyl (C=O) groups is 1. The Kier molecular flexibility index (Phi) is 6.56. The topological polar surface area (TPSA) is 126 Å². The van der Waals surface area contributed by atoms with Crippen molar-refractivity contribution in [1.82, 2.24) is 4.98 Å². The van der Waals surface area contributed by atoms with Crippen molar-refractivity contribution < 1.29 is 26.4 Å². The number of alkyl halides is 3. The van der Waals surface area contributed by atoms with E-state index in [1.165, 1.54) is 38.1 Å². The number of nitrogens with one attached hydrogen (secondary N) is 1. The van der Waals surface area contributed by atoms with Gasteiger partial charge < -0.3 is 5.32 Å². The largest absolute Gasteiger partial charge is 0.417 e. The van der Waals surface area contributed by atoms with Gasteiger partial charge in [0.15, 0.2) is 0 Å². The lowest BCUT2D eigenvalue weighted by Crippen LogP contribution is -2.23. The minimum Gasteiger partial charge on any atom is -0.325 e. The van der Waals surface area contributed by atoms with Crippen LogP contribution in [-0.2, 0) is 21.0 Å². The van der Waals surface area contributed by atoms with Crippen molar-refractivity contribution in [3.63, 3.8) is 0 Å². The van der Waals surface area contributed by atoms with Crippen LogP contribution in [0.3, 0.4) is 0 Å². The number of nitrogens with two attached hydrogens (primary N) is 1. The predicted molar refractivity (Wildman–Crippen MR) is 100 cm³/mol. The van der Waals surface area contributed by atoms with Crippen LogP contribution in [0, 0.1) is 18.3 Å². The number of nitrogens with zero attached hydrogens (tertiary/aromatic N) is 2. The molecular weight excluding hydrogens is 429 g/mol. The number of aryl methyl sites for hydroxylation is 1. The van der Waals surface area contributed by atoms with Crippen molar-refractivity contribution in [2.75, 3.05) is 5.32 Å². The maximum Gasteiger partial charge on any atom is 0.417 e. The molecule has 2 rings (SSSR count). The van der Waals surface area contributed by atoms with E-state index in [4.69, 9.17) is 5.14 Å². The molecule has 0 fully saturated rings. The van der Waals surface area contributed by atoms with E-state index in [1.54, 1.807) is 0 Å². The molecule has 7 nitrogen and oxygen atoms in total. The highest BCUT2D eigenvalue weighted by atomic mass is 32.2. The first-order valence-corrected chi connectivity index (χ1v) is 10.3. The molecule has 0 spiro atoms. The van der Waals surface area contributed by atoms with E-state index in [-0.39, 0.29) is 21.3 Å². The molecule has 154 valence electrons. The molecule has 12 heteroatoms. The van der Waals surface area contributed by atoms with E-state index < -0.39 is 38.5 Å². The lowest BCUT2D eigenvalue weighted by molar-refractivity contribution is -0.138. The zero-order valence-corrected chi connectivity index (χ0v) is 16.7. The van der Waals surface area contributed by atoms with Gasteiger partial charge in [-0.2, -0.15) is 18.4 Å². The number of halogens is 3. The molecule has 1 heterocycles. The quantitative estimate of drug-likeness (QED) is 0.683. The van der Waals surface area contributed by atoms with E-state index in [9.17, 15) is 31.6 Å². The van der Waals surface area contributed by atoms with E-state index in [0.29, 0.717) is 11.8 Å². The highest BCUT2D eigenvalue weighted by Gasteiger charge is 2.36. The molecule has 1 aromatic heterocycles. The molecule has 1 amide bonds. The van der Waals surface area contributed by atoms with Gasteiger partial charge in [-0.1, -0.05) is 17.8 Å². The number of sulfonamides is 1. The van der Waals surface area contributed by atoms with Crippen LogP contribution in [0.1, 0.15) is 23.7 Å². The Balaban J connectivity index is 2.27. The number of rotatable bonds is 5. The molecule has 0 aliphatic heterocycles. The van der Waals surface area contributed by atoms with Crippen molar-refractivity contribution in [2.45, 2.75) is 35.2 Å². The van der Waals surface area contributed by atoms with Gasteiger partial charge in [0.05, 0.1) is 21.3 Å². The third-order valence-corrected chi connectivity index (χ3v) is 5.62. The summed E-state index contributed by atoms with van der Waals surface area (Å²) >= 11 is 0.688. The molecule has 0 radical (unpaired) electrons. The number of benzene rings is 1. The van der Waals surface area contributed by atoms with Gasteiger partial charge in [-0.3, -0.25) is 4.79 Å². The molecule has 3 N–H and O–H groups in total. The van der Waals surface area contributed by atoms with Crippen LogP contribution >= 0.6 is 11.8 Å². The average Bonchev–Trinajstić information content (AvgIpc) is 2.60. The fourth-order valence-corrected chi connectivity index (χ4v) is 3.81. The number of nitriles is 1. The summed E-state index contributed by atoms with van der Waals surface area (Å²) in [5.41, 5.74) is -1.60. The second-order valence-electron chi connectivity index (χ2n) is 5.92. The molecule has 0 aliphatic rings. The summed E-state index contributed by atoms with van der Waals surface area (Å²) in [6.45, 7) is 2.77. The lowest BCUT2D eigenvalue weighted by Gasteiger charge is -2.16. The van der Waals surface area contributed by atoms with Crippen molar-refractivity contribution in [3.8, 4) is 6.07 Å². The fraction of sp³-hybridized carbons (Fsp3) is 0.235. The van der Waals surface area contributed by atoms with Crippen molar-refractivity contribution in [3.05, 3.63) is 47.2 Å². The molecule has 29 heavy (non-hydrogen) atoms. The molecule has 1 aromatic carbocycles. The highest BCUT2D eigenvalue weighted by Crippen LogP contribution is 2.37. The number of aromatic nitrogens is 1. The van der Waals surface area contributed by atoms with Crippen molar-refractivity contribution in [1.29, 1.82) is 5.26 Å². The third kappa shape index (κ3) is 5.69. The van der Waals surface area contributed by atoms with Gasteiger partial charge in [-0.25, -0.2) is 18.5 Å². The Morgan fingerprint density at radius 2 is 2.00 bits per heavy atom. The monoisotopic (exact) mass is 444 g/mol. The fourth-order valence-electron chi connectivity index (χ4n) is 2.28. The van der Waals surface area contributed by atoms with E-state index in [2.05, 4.69) is 10.3 Å². The minimum atomic E-state index is -4.74. The van der Waals surface area contributed by atoms with Gasteiger partial charge in [0.25, 0.3) is 0 Å². The van der Waals surface area contributed by atoms with Crippen LogP contribution in [0.2, 0.25) is 0 Å². The van der Waals surface area contributed by atoms with Crippen LogP contribution in [0.5, 0.6) is 0 Å². The number of primary sulfonamides is 1. The Bertz CT molecular complexity index is 1100. The lowest BCUT2D eigenvalue weighted by atomic mass is 10.1. The number of hydrogen-bond acceptors (Lipinski definition) is 6. The number of pyridine rings is 1. The summed E-state index contributed by atoms with van der Waals surface area (Å²) in [6.07, 6.45) is -4.74. The smallest absolute Gasteiger partial charge is 0.325 e. The summed E-state index contributed by atoms with van der Waals surface area (Å²) in [5.74, 6) is -0.623. The normalized spacial score (nSPS) is 12.9. The van der Waals surface area contributed by atoms with Gasteiger partial charge in [0.1, 0.15) is 11.1 Å². The van der Waals surface area contributed by atoms with Gasteiger partial charge in [-0.05, 0) is 38.1 Å². The molecule has 0 bridgehead atoms. The Hall–Kier alpha value is -2.62. The summed E-state index contributed by atoms with van der Waals surface area (Å²) < 4.78 is 62.3. The SMILES string of the molecule is Cc1cc(C(F)(F)F)c(C#N)c(SC(C)C(=O)Nc2cccc(S(N)(=O)=O)c2)n1. The standard InChI is InChI=1S/C17H15F3N4O3S2/c1-9-6-14(17(18,19)20)13(8-21)16(23-9)28-10(2)15(25)24-11-4-3-5-12(7-11)29(22,26)27/h3-7,10H,1-2H3,(H,24,25)(H2,22,26,27). The van der Waals surface area contributed by atoms with Gasteiger partial charge in [0, 0.05) is 11.4 Å². The Morgan fingerprint density at radius 1 is 1.34 bits per heavy atom. The summed E-state index contributed by atoms with van der Waals surface area (Å²) in [7, 11) is -3.97. The van der Waals surface area contributed by atoms with Gasteiger partial charge in [0.2, 0.25) is 15.9 Å². The molecule has 0 saturated carbocycles. The number of hydrogen-bond donors (Lipinski definition) is 2. The maximum absolute atomic E-state index is 13.2. The number of thioether (sulfide) groups is 1. The summed E-state index contributed by atoms with van der Waals surface area (Å²) in [6, 6.07) is 7.47. The van der Waals surface area contributed by atoms with Crippen molar-refractivity contribution in [2.24, 2.45) is 5.14 Å². The molecular formula is C17H15F3N4O3S2. The second-order valence-corrected chi connectivity index (χ2v) is 8.81. The zero-order valence-electron chi connectivity index (χ0n) is 15.1. The van der Waals surface area contributed by atoms with Crippen LogP contribution in [0.15, 0.2) is 40.3 Å². The minimum absolute atomic E-state index is 0.0484. The molecule has 2 aromatic rings. The molecule has 0 aliphatic carbocycles. The molecule has 1 unspecified atom stereocenters. The van der Waals surface area contributed by atoms with Crippen LogP contribution in [-0.4, -0.2) is 24.6 Å². The molecule has 1 atom stereocenters. The van der Waals surface area contributed by atoms with Crippen LogP contribution < -0.4 is 10.5 Å². The zero-order chi connectivity index (χ0) is 22.0. The predicted octanol–water partition coefficient (Wildman–Crippen LogP) is 3.05. The molecule has 0 saturated heterocycles. The maximum atomic E-state index is 13.2. The number of anilines is 1. The Morgan fingerprint density at radius 3 is 2.55 bits per heavy atom. The third-order valence-electron chi connectivity index (χ3n) is 3.62. The number of carbonyl (C=O) groups excluding carboxylic acids is 1. The van der Waals surface area contributed by atoms with Gasteiger partial charge in [-0.15, -0.1) is 0 Å². The second kappa shape index (κ2) is 8.40. The first-order chi connectivity index (χ1) is 13.3. The van der Waals surface area contributed by atoms with Crippen LogP contribution in [0.4, 0.5) is 18.9 Å². The first kappa shape index (κ1) is 22.7. The Labute approximate surface area is 169 Å². The van der Waals surface area contributed by atoms with Crippen molar-refractivity contribution >= 4 is 33.4 Å². The highest BCUT2D eigenvalue weighted by molar-refractivity contribution is 8.00. The van der Waals surface area contributed by atoms with Gasteiger partial charge >= 0.3 is 6.18 Å².